The first-order chi connectivity index (χ1) is 12.6. The van der Waals surface area contributed by atoms with Gasteiger partial charge in [-0.15, -0.1) is 0 Å². The number of carbonyl (C=O) groups is 1. The zero-order chi connectivity index (χ0) is 18.1. The summed E-state index contributed by atoms with van der Waals surface area (Å²) in [4.78, 5) is 15.0. The van der Waals surface area contributed by atoms with Crippen LogP contribution >= 0.6 is 0 Å². The van der Waals surface area contributed by atoms with Crippen LogP contribution in [0.3, 0.4) is 0 Å². The van der Waals surface area contributed by atoms with Gasteiger partial charge < -0.3 is 15.0 Å². The van der Waals surface area contributed by atoms with Crippen molar-refractivity contribution in [3.63, 3.8) is 0 Å². The van der Waals surface area contributed by atoms with E-state index in [1.807, 2.05) is 26.0 Å². The van der Waals surface area contributed by atoms with E-state index in [1.165, 1.54) is 25.9 Å². The number of nitrogens with zero attached hydrogens (tertiary/aromatic N) is 3. The van der Waals surface area contributed by atoms with Crippen molar-refractivity contribution in [3.05, 3.63) is 47.3 Å². The minimum Gasteiger partial charge on any atom is -0.471 e. The summed E-state index contributed by atoms with van der Waals surface area (Å²) >= 11 is 0. The van der Waals surface area contributed by atoms with Gasteiger partial charge in [0.1, 0.15) is 11.4 Å². The van der Waals surface area contributed by atoms with Crippen molar-refractivity contribution >= 4 is 5.91 Å². The SMILES string of the molecule is Cc1ccc(C)c(OCn2ccc(C(=O)NC3CN4CCC3CC4)n2)c1. The number of aryl methyl sites for hydroxylation is 2. The van der Waals surface area contributed by atoms with Crippen molar-refractivity contribution in [2.24, 2.45) is 5.92 Å². The maximum atomic E-state index is 12.5. The summed E-state index contributed by atoms with van der Waals surface area (Å²) in [5.41, 5.74) is 2.69. The van der Waals surface area contributed by atoms with E-state index in [0.717, 1.165) is 23.4 Å². The summed E-state index contributed by atoms with van der Waals surface area (Å²) in [6.07, 6.45) is 4.16. The van der Waals surface area contributed by atoms with Gasteiger partial charge in [0.25, 0.3) is 5.91 Å². The summed E-state index contributed by atoms with van der Waals surface area (Å²) in [6, 6.07) is 8.12. The molecule has 1 aromatic carbocycles. The summed E-state index contributed by atoms with van der Waals surface area (Å²) in [5.74, 6) is 1.37. The molecule has 2 bridgehead atoms. The number of fused-ring (bicyclic) bond motifs is 3. The molecular formula is C20H26N4O2. The van der Waals surface area contributed by atoms with Crippen LogP contribution in [0.5, 0.6) is 5.75 Å². The minimum absolute atomic E-state index is 0.0887. The van der Waals surface area contributed by atoms with Crippen LogP contribution in [0.15, 0.2) is 30.5 Å². The van der Waals surface area contributed by atoms with Gasteiger partial charge in [0.05, 0.1) is 0 Å². The van der Waals surface area contributed by atoms with Gasteiger partial charge in [0.15, 0.2) is 6.73 Å². The van der Waals surface area contributed by atoms with E-state index in [9.17, 15) is 4.79 Å². The van der Waals surface area contributed by atoms with Gasteiger partial charge in [0.2, 0.25) is 0 Å². The lowest BCUT2D eigenvalue weighted by Crippen LogP contribution is -2.57. The van der Waals surface area contributed by atoms with Crippen molar-refractivity contribution < 1.29 is 9.53 Å². The normalized spacial score (nSPS) is 24.5. The average Bonchev–Trinajstić information content (AvgIpc) is 3.13. The molecule has 26 heavy (non-hydrogen) atoms. The summed E-state index contributed by atoms with van der Waals surface area (Å²) in [7, 11) is 0. The Hall–Kier alpha value is -2.34. The predicted octanol–water partition coefficient (Wildman–Crippen LogP) is 2.36. The summed E-state index contributed by atoms with van der Waals surface area (Å²) in [5, 5.41) is 7.54. The molecule has 3 fully saturated rings. The molecular weight excluding hydrogens is 328 g/mol. The van der Waals surface area contributed by atoms with Crippen LogP contribution < -0.4 is 10.1 Å². The molecule has 5 rings (SSSR count). The molecule has 6 nitrogen and oxygen atoms in total. The lowest BCUT2D eigenvalue weighted by Gasteiger charge is -2.44. The van der Waals surface area contributed by atoms with Crippen molar-refractivity contribution in [1.29, 1.82) is 0 Å². The molecule has 0 spiro atoms. The molecule has 0 saturated carbocycles. The molecule has 3 aliphatic heterocycles. The zero-order valence-electron chi connectivity index (χ0n) is 15.4. The van der Waals surface area contributed by atoms with Gasteiger partial charge in [-0.2, -0.15) is 5.10 Å². The Morgan fingerprint density at radius 1 is 1.27 bits per heavy atom. The first-order valence-corrected chi connectivity index (χ1v) is 9.35. The number of ether oxygens (including phenoxy) is 1. The Balaban J connectivity index is 1.35. The van der Waals surface area contributed by atoms with Crippen LogP contribution in [0.25, 0.3) is 0 Å². The molecule has 138 valence electrons. The first-order valence-electron chi connectivity index (χ1n) is 9.35. The summed E-state index contributed by atoms with van der Waals surface area (Å²) in [6.45, 7) is 7.65. The first kappa shape index (κ1) is 17.1. The number of carbonyl (C=O) groups excluding carboxylic acids is 1. The smallest absolute Gasteiger partial charge is 0.272 e. The third-order valence-electron chi connectivity index (χ3n) is 5.54. The maximum Gasteiger partial charge on any atom is 0.272 e. The molecule has 6 heteroatoms. The van der Waals surface area contributed by atoms with Crippen LogP contribution in [0.4, 0.5) is 0 Å². The Bertz CT molecular complexity index is 793. The number of piperidine rings is 3. The highest BCUT2D eigenvalue weighted by Crippen LogP contribution is 2.27. The predicted molar refractivity (Wildman–Crippen MR) is 99.2 cm³/mol. The molecule has 4 heterocycles. The number of hydrogen-bond acceptors (Lipinski definition) is 4. The average molecular weight is 354 g/mol. The van der Waals surface area contributed by atoms with Gasteiger partial charge in [-0.05, 0) is 69.0 Å². The highest BCUT2D eigenvalue weighted by atomic mass is 16.5. The number of rotatable bonds is 5. The van der Waals surface area contributed by atoms with Gasteiger partial charge in [-0.3, -0.25) is 4.79 Å². The lowest BCUT2D eigenvalue weighted by atomic mass is 9.84. The number of aromatic nitrogens is 2. The quantitative estimate of drug-likeness (QED) is 0.895. The summed E-state index contributed by atoms with van der Waals surface area (Å²) < 4.78 is 7.51. The number of hydrogen-bond donors (Lipinski definition) is 1. The number of nitrogens with one attached hydrogen (secondary N) is 1. The van der Waals surface area contributed by atoms with Crippen molar-refractivity contribution in [1.82, 2.24) is 20.0 Å². The molecule has 0 radical (unpaired) electrons. The van der Waals surface area contributed by atoms with Crippen LogP contribution in [-0.4, -0.2) is 46.3 Å². The minimum atomic E-state index is -0.0887. The van der Waals surface area contributed by atoms with E-state index in [2.05, 4.69) is 21.4 Å². The van der Waals surface area contributed by atoms with Gasteiger partial charge >= 0.3 is 0 Å². The highest BCUT2D eigenvalue weighted by molar-refractivity contribution is 5.92. The van der Waals surface area contributed by atoms with Crippen LogP contribution in [0, 0.1) is 19.8 Å². The van der Waals surface area contributed by atoms with Gasteiger partial charge in [-0.1, -0.05) is 12.1 Å². The lowest BCUT2D eigenvalue weighted by molar-refractivity contribution is 0.0617. The van der Waals surface area contributed by atoms with E-state index in [-0.39, 0.29) is 18.7 Å². The van der Waals surface area contributed by atoms with E-state index in [1.54, 1.807) is 16.9 Å². The Kier molecular flexibility index (Phi) is 4.68. The second-order valence-electron chi connectivity index (χ2n) is 7.50. The van der Waals surface area contributed by atoms with E-state index >= 15 is 0 Å². The zero-order valence-corrected chi connectivity index (χ0v) is 15.4. The van der Waals surface area contributed by atoms with Crippen molar-refractivity contribution in [3.8, 4) is 5.75 Å². The Labute approximate surface area is 154 Å². The van der Waals surface area contributed by atoms with Crippen molar-refractivity contribution in [2.75, 3.05) is 19.6 Å². The van der Waals surface area contributed by atoms with Gasteiger partial charge in [0, 0.05) is 18.8 Å². The fourth-order valence-corrected chi connectivity index (χ4v) is 3.92. The van der Waals surface area contributed by atoms with Crippen LogP contribution in [0.1, 0.15) is 34.5 Å². The molecule has 1 aromatic heterocycles. The molecule has 1 unspecified atom stereocenters. The van der Waals surface area contributed by atoms with Crippen molar-refractivity contribution in [2.45, 2.75) is 39.5 Å². The maximum absolute atomic E-state index is 12.5. The number of amides is 1. The van der Waals surface area contributed by atoms with E-state index < -0.39 is 0 Å². The second kappa shape index (κ2) is 7.11. The molecule has 2 aromatic rings. The standard InChI is InChI=1S/C20H26N4O2/c1-14-3-4-15(2)19(11-14)26-13-24-10-7-17(22-24)20(25)21-18-12-23-8-5-16(18)6-9-23/h3-4,7,10-11,16,18H,5-6,8-9,12-13H2,1-2H3,(H,21,25). The third kappa shape index (κ3) is 3.60. The molecule has 1 atom stereocenters. The molecule has 3 aliphatic rings. The highest BCUT2D eigenvalue weighted by Gasteiger charge is 2.35. The molecule has 1 amide bonds. The van der Waals surface area contributed by atoms with E-state index in [4.69, 9.17) is 4.74 Å². The van der Waals surface area contributed by atoms with Crippen LogP contribution in [0.2, 0.25) is 0 Å². The largest absolute Gasteiger partial charge is 0.471 e. The molecule has 1 N–H and O–H groups in total. The Morgan fingerprint density at radius 3 is 2.81 bits per heavy atom. The monoisotopic (exact) mass is 354 g/mol. The fourth-order valence-electron chi connectivity index (χ4n) is 3.92. The Morgan fingerprint density at radius 2 is 2.08 bits per heavy atom. The molecule has 3 saturated heterocycles. The van der Waals surface area contributed by atoms with E-state index in [0.29, 0.717) is 11.6 Å². The number of benzene rings is 1. The van der Waals surface area contributed by atoms with Gasteiger partial charge in [-0.25, -0.2) is 4.68 Å². The molecule has 0 aliphatic carbocycles. The third-order valence-corrected chi connectivity index (χ3v) is 5.54. The topological polar surface area (TPSA) is 59.4 Å². The van der Waals surface area contributed by atoms with Crippen LogP contribution in [-0.2, 0) is 6.73 Å². The second-order valence-corrected chi connectivity index (χ2v) is 7.50. The fraction of sp³-hybridized carbons (Fsp3) is 0.500.